The van der Waals surface area contributed by atoms with Crippen LogP contribution in [0.2, 0.25) is 0 Å². The normalized spacial score (nSPS) is 26.3. The lowest BCUT2D eigenvalue weighted by Crippen LogP contribution is -2.06. The molecule has 1 aliphatic rings. The van der Waals surface area contributed by atoms with Gasteiger partial charge in [0, 0.05) is 5.92 Å². The van der Waals surface area contributed by atoms with Crippen LogP contribution >= 0.6 is 0 Å². The fourth-order valence-corrected chi connectivity index (χ4v) is 3.24. The van der Waals surface area contributed by atoms with E-state index >= 15 is 0 Å². The zero-order valence-corrected chi connectivity index (χ0v) is 7.60. The van der Waals surface area contributed by atoms with E-state index < -0.39 is 9.84 Å². The molecule has 0 aliphatic carbocycles. The van der Waals surface area contributed by atoms with E-state index in [0.717, 1.165) is 0 Å². The van der Waals surface area contributed by atoms with E-state index in [9.17, 15) is 13.2 Å². The lowest BCUT2D eigenvalue weighted by molar-refractivity contribution is 0.601. The Morgan fingerprint density at radius 1 is 1.46 bits per heavy atom. The molecule has 6 nitrogen and oxygen atoms in total. The first-order valence-corrected chi connectivity index (χ1v) is 5.74. The number of rotatable bonds is 1. The third-order valence-electron chi connectivity index (χ3n) is 2.14. The summed E-state index contributed by atoms with van der Waals surface area (Å²) in [4.78, 5) is 13.2. The monoisotopic (exact) mass is 203 g/mol. The van der Waals surface area contributed by atoms with Crippen molar-refractivity contribution in [2.24, 2.45) is 0 Å². The van der Waals surface area contributed by atoms with Gasteiger partial charge in [0.25, 0.3) is 0 Å². The number of hydrogen-bond acceptors (Lipinski definition) is 4. The second kappa shape index (κ2) is 2.69. The average Bonchev–Trinajstić information content (AvgIpc) is 2.56. The van der Waals surface area contributed by atoms with Crippen LogP contribution in [0, 0.1) is 0 Å². The van der Waals surface area contributed by atoms with Gasteiger partial charge in [-0.3, -0.25) is 4.98 Å². The van der Waals surface area contributed by atoms with Crippen LogP contribution in [0.5, 0.6) is 0 Å². The van der Waals surface area contributed by atoms with Crippen LogP contribution < -0.4 is 5.69 Å². The van der Waals surface area contributed by atoms with Gasteiger partial charge in [0.05, 0.1) is 11.5 Å². The molecule has 7 heteroatoms. The molecule has 2 heterocycles. The van der Waals surface area contributed by atoms with Gasteiger partial charge in [-0.2, -0.15) is 5.10 Å². The molecule has 2 rings (SSSR count). The van der Waals surface area contributed by atoms with Crippen molar-refractivity contribution in [3.05, 3.63) is 16.3 Å². The summed E-state index contributed by atoms with van der Waals surface area (Å²) >= 11 is 0. The summed E-state index contributed by atoms with van der Waals surface area (Å²) in [5.74, 6) is 0.579. The highest BCUT2D eigenvalue weighted by molar-refractivity contribution is 7.91. The third-order valence-corrected chi connectivity index (χ3v) is 3.91. The Kier molecular flexibility index (Phi) is 1.76. The first-order chi connectivity index (χ1) is 6.07. The number of aromatic nitrogens is 3. The van der Waals surface area contributed by atoms with Gasteiger partial charge in [-0.15, -0.1) is 0 Å². The highest BCUT2D eigenvalue weighted by Gasteiger charge is 2.30. The van der Waals surface area contributed by atoms with Crippen molar-refractivity contribution in [1.29, 1.82) is 0 Å². The predicted octanol–water partition coefficient (Wildman–Crippen LogP) is -1.000. The van der Waals surface area contributed by atoms with Crippen LogP contribution in [-0.4, -0.2) is 35.1 Å². The molecule has 0 radical (unpaired) electrons. The molecule has 1 aliphatic heterocycles. The van der Waals surface area contributed by atoms with E-state index in [1.54, 1.807) is 0 Å². The van der Waals surface area contributed by atoms with Crippen molar-refractivity contribution in [2.45, 2.75) is 12.3 Å². The summed E-state index contributed by atoms with van der Waals surface area (Å²) in [6, 6.07) is 0. The maximum absolute atomic E-state index is 11.1. The van der Waals surface area contributed by atoms with Gasteiger partial charge < -0.3 is 0 Å². The number of hydrogen-bond donors (Lipinski definition) is 2. The quantitative estimate of drug-likeness (QED) is 0.612. The second-order valence-electron chi connectivity index (χ2n) is 3.16. The van der Waals surface area contributed by atoms with E-state index in [0.29, 0.717) is 12.2 Å². The molecule has 0 saturated carbocycles. The van der Waals surface area contributed by atoms with Crippen molar-refractivity contribution in [3.8, 4) is 0 Å². The van der Waals surface area contributed by atoms with Crippen molar-refractivity contribution in [2.75, 3.05) is 11.5 Å². The molecule has 1 aromatic heterocycles. The van der Waals surface area contributed by atoms with Crippen LogP contribution in [0.4, 0.5) is 0 Å². The van der Waals surface area contributed by atoms with E-state index in [4.69, 9.17) is 0 Å². The van der Waals surface area contributed by atoms with Crippen LogP contribution in [0.25, 0.3) is 0 Å². The van der Waals surface area contributed by atoms with Crippen LogP contribution in [0.15, 0.2) is 4.79 Å². The molecule has 2 N–H and O–H groups in total. The van der Waals surface area contributed by atoms with Gasteiger partial charge in [0.15, 0.2) is 9.84 Å². The Labute approximate surface area is 74.3 Å². The second-order valence-corrected chi connectivity index (χ2v) is 5.39. The highest BCUT2D eigenvalue weighted by atomic mass is 32.2. The Bertz CT molecular complexity index is 457. The molecule has 0 bridgehead atoms. The summed E-state index contributed by atoms with van der Waals surface area (Å²) in [5.41, 5.74) is -0.390. The Balaban J connectivity index is 2.26. The molecule has 1 aromatic rings. The maximum atomic E-state index is 11.1. The number of H-pyrrole nitrogens is 2. The number of sulfone groups is 1. The zero-order valence-electron chi connectivity index (χ0n) is 6.78. The van der Waals surface area contributed by atoms with Gasteiger partial charge in [0.2, 0.25) is 0 Å². The minimum absolute atomic E-state index is 0.0911. The number of nitrogens with one attached hydrogen (secondary N) is 2. The smallest absolute Gasteiger partial charge is 0.293 e. The van der Waals surface area contributed by atoms with Gasteiger partial charge in [-0.05, 0) is 6.42 Å². The van der Waals surface area contributed by atoms with Crippen molar-refractivity contribution in [3.63, 3.8) is 0 Å². The third kappa shape index (κ3) is 1.64. The first-order valence-electron chi connectivity index (χ1n) is 3.92. The van der Waals surface area contributed by atoms with Gasteiger partial charge >= 0.3 is 5.69 Å². The highest BCUT2D eigenvalue weighted by Crippen LogP contribution is 2.25. The zero-order chi connectivity index (χ0) is 9.47. The standard InChI is InChI=1S/C6H9N3O3S/c10-6-7-5(8-9-6)4-1-2-13(11,12)3-4/h4H,1-3H2,(H2,7,8,9,10). The fraction of sp³-hybridized carbons (Fsp3) is 0.667. The lowest BCUT2D eigenvalue weighted by atomic mass is 10.1. The number of aromatic amines is 2. The van der Waals surface area contributed by atoms with E-state index in [1.165, 1.54) is 0 Å². The minimum Gasteiger partial charge on any atom is -0.293 e. The largest absolute Gasteiger partial charge is 0.340 e. The molecule has 1 atom stereocenters. The molecule has 13 heavy (non-hydrogen) atoms. The summed E-state index contributed by atoms with van der Waals surface area (Å²) in [6.45, 7) is 0. The summed E-state index contributed by atoms with van der Waals surface area (Å²) in [7, 11) is -2.91. The Hall–Kier alpha value is -1.11. The molecule has 72 valence electrons. The molecular weight excluding hydrogens is 194 g/mol. The lowest BCUT2D eigenvalue weighted by Gasteiger charge is -1.99. The summed E-state index contributed by atoms with van der Waals surface area (Å²) < 4.78 is 22.2. The van der Waals surface area contributed by atoms with Crippen LogP contribution in [0.3, 0.4) is 0 Å². The van der Waals surface area contributed by atoms with Gasteiger partial charge in [-0.1, -0.05) is 0 Å². The average molecular weight is 203 g/mol. The summed E-state index contributed by atoms with van der Waals surface area (Å²) in [6.07, 6.45) is 0.545. The van der Waals surface area contributed by atoms with E-state index in [-0.39, 0.29) is 23.1 Å². The molecule has 1 fully saturated rings. The van der Waals surface area contributed by atoms with Crippen molar-refractivity contribution < 1.29 is 8.42 Å². The minimum atomic E-state index is -2.91. The van der Waals surface area contributed by atoms with Gasteiger partial charge in [-0.25, -0.2) is 18.3 Å². The topological polar surface area (TPSA) is 95.7 Å². The molecular formula is C6H9N3O3S. The number of nitrogens with zero attached hydrogens (tertiary/aromatic N) is 1. The predicted molar refractivity (Wildman–Crippen MR) is 45.2 cm³/mol. The van der Waals surface area contributed by atoms with Crippen molar-refractivity contribution >= 4 is 9.84 Å². The van der Waals surface area contributed by atoms with E-state index in [2.05, 4.69) is 15.2 Å². The molecule has 1 saturated heterocycles. The van der Waals surface area contributed by atoms with Gasteiger partial charge in [0.1, 0.15) is 5.82 Å². The molecule has 0 aromatic carbocycles. The first kappa shape index (κ1) is 8.49. The summed E-state index contributed by atoms with van der Waals surface area (Å²) in [5, 5.41) is 5.92. The Morgan fingerprint density at radius 3 is 2.69 bits per heavy atom. The van der Waals surface area contributed by atoms with E-state index in [1.807, 2.05) is 0 Å². The fourth-order valence-electron chi connectivity index (χ4n) is 1.49. The Morgan fingerprint density at radius 2 is 2.23 bits per heavy atom. The van der Waals surface area contributed by atoms with Crippen LogP contribution in [-0.2, 0) is 9.84 Å². The molecule has 1 unspecified atom stereocenters. The maximum Gasteiger partial charge on any atom is 0.340 e. The van der Waals surface area contributed by atoms with Crippen molar-refractivity contribution in [1.82, 2.24) is 15.2 Å². The van der Waals surface area contributed by atoms with Crippen LogP contribution in [0.1, 0.15) is 18.2 Å². The molecule has 0 spiro atoms. The SMILES string of the molecule is O=c1[nH]nc(C2CCS(=O)(=O)C2)[nH]1. The molecule has 0 amide bonds.